The van der Waals surface area contributed by atoms with Gasteiger partial charge in [-0.05, 0) is 68.7 Å². The minimum absolute atomic E-state index is 0.0283. The summed E-state index contributed by atoms with van der Waals surface area (Å²) in [5.41, 5.74) is 4.36. The molecule has 184 valence electrons. The number of carbonyl (C=O) groups is 1. The highest BCUT2D eigenvalue weighted by Crippen LogP contribution is 2.32. The quantitative estimate of drug-likeness (QED) is 0.305. The Morgan fingerprint density at radius 3 is 2.47 bits per heavy atom. The Kier molecular flexibility index (Phi) is 7.14. The SMILES string of the molecule is Cc1cccc(Oc2c(CN(C[C@@H]3CCCO3)C(=O)c3ccccc3)c(C)nn2-c2ccccc2)c1. The van der Waals surface area contributed by atoms with E-state index in [0.717, 1.165) is 47.7 Å². The largest absolute Gasteiger partial charge is 0.439 e. The van der Waals surface area contributed by atoms with E-state index in [1.54, 1.807) is 0 Å². The highest BCUT2D eigenvalue weighted by atomic mass is 16.5. The minimum atomic E-state index is -0.0283. The predicted octanol–water partition coefficient (Wildman–Crippen LogP) is 6.10. The number of carbonyl (C=O) groups excluding carboxylic acids is 1. The van der Waals surface area contributed by atoms with Crippen LogP contribution in [0.1, 0.15) is 40.0 Å². The first-order chi connectivity index (χ1) is 17.6. The molecule has 1 atom stereocenters. The van der Waals surface area contributed by atoms with Gasteiger partial charge in [0.15, 0.2) is 0 Å². The van der Waals surface area contributed by atoms with Crippen LogP contribution in [0, 0.1) is 13.8 Å². The van der Waals surface area contributed by atoms with Gasteiger partial charge in [0.1, 0.15) is 5.75 Å². The molecule has 1 aliphatic rings. The van der Waals surface area contributed by atoms with Gasteiger partial charge in [-0.3, -0.25) is 4.79 Å². The summed E-state index contributed by atoms with van der Waals surface area (Å²) in [6, 6.07) is 27.3. The van der Waals surface area contributed by atoms with Crippen molar-refractivity contribution in [3.8, 4) is 17.3 Å². The maximum atomic E-state index is 13.6. The van der Waals surface area contributed by atoms with Crippen LogP contribution in [-0.2, 0) is 11.3 Å². The molecule has 6 heteroatoms. The van der Waals surface area contributed by atoms with Crippen LogP contribution in [-0.4, -0.2) is 39.8 Å². The van der Waals surface area contributed by atoms with E-state index >= 15 is 0 Å². The van der Waals surface area contributed by atoms with Crippen molar-refractivity contribution in [3.05, 3.63) is 107 Å². The average Bonchev–Trinajstić information content (AvgIpc) is 3.52. The van der Waals surface area contributed by atoms with Crippen LogP contribution in [0.25, 0.3) is 5.69 Å². The summed E-state index contributed by atoms with van der Waals surface area (Å²) in [5.74, 6) is 1.32. The highest BCUT2D eigenvalue weighted by Gasteiger charge is 2.27. The van der Waals surface area contributed by atoms with Crippen molar-refractivity contribution in [1.29, 1.82) is 0 Å². The van der Waals surface area contributed by atoms with Gasteiger partial charge in [0.05, 0.1) is 29.6 Å². The Labute approximate surface area is 212 Å². The third-order valence-electron chi connectivity index (χ3n) is 6.45. The lowest BCUT2D eigenvalue weighted by Crippen LogP contribution is -2.37. The van der Waals surface area contributed by atoms with Gasteiger partial charge < -0.3 is 14.4 Å². The summed E-state index contributed by atoms with van der Waals surface area (Å²) in [4.78, 5) is 15.5. The first-order valence-corrected chi connectivity index (χ1v) is 12.4. The van der Waals surface area contributed by atoms with Crippen molar-refractivity contribution in [2.24, 2.45) is 0 Å². The lowest BCUT2D eigenvalue weighted by molar-refractivity contribution is 0.0505. The summed E-state index contributed by atoms with van der Waals surface area (Å²) < 4.78 is 14.2. The summed E-state index contributed by atoms with van der Waals surface area (Å²) in [6.07, 6.45) is 2.00. The standard InChI is InChI=1S/C30H31N3O3/c1-22-11-9-16-26(19-22)36-30-28(23(2)31-33(30)25-14-7-4-8-15-25)21-32(20-27-17-10-18-35-27)29(34)24-12-5-3-6-13-24/h3-9,11-16,19,27H,10,17-18,20-21H2,1-2H3/t27-/m0/s1. The molecule has 36 heavy (non-hydrogen) atoms. The van der Waals surface area contributed by atoms with E-state index < -0.39 is 0 Å². The third-order valence-corrected chi connectivity index (χ3v) is 6.45. The molecule has 0 aliphatic carbocycles. The van der Waals surface area contributed by atoms with Gasteiger partial charge in [-0.1, -0.05) is 48.5 Å². The molecule has 1 aliphatic heterocycles. The van der Waals surface area contributed by atoms with Gasteiger partial charge in [0, 0.05) is 18.7 Å². The molecule has 0 unspecified atom stereocenters. The number of benzene rings is 3. The number of nitrogens with zero attached hydrogens (tertiary/aromatic N) is 3. The summed E-state index contributed by atoms with van der Waals surface area (Å²) in [6.45, 7) is 5.64. The van der Waals surface area contributed by atoms with E-state index in [0.29, 0.717) is 24.5 Å². The zero-order chi connectivity index (χ0) is 24.9. The molecule has 1 aromatic heterocycles. The second kappa shape index (κ2) is 10.8. The minimum Gasteiger partial charge on any atom is -0.439 e. The number of aryl methyl sites for hydroxylation is 2. The topological polar surface area (TPSA) is 56.6 Å². The first-order valence-electron chi connectivity index (χ1n) is 12.4. The van der Waals surface area contributed by atoms with Gasteiger partial charge in [-0.25, -0.2) is 4.68 Å². The molecule has 0 N–H and O–H groups in total. The maximum Gasteiger partial charge on any atom is 0.254 e. The van der Waals surface area contributed by atoms with Crippen LogP contribution < -0.4 is 4.74 Å². The zero-order valence-corrected chi connectivity index (χ0v) is 20.8. The second-order valence-corrected chi connectivity index (χ2v) is 9.22. The van der Waals surface area contributed by atoms with Crippen molar-refractivity contribution in [3.63, 3.8) is 0 Å². The summed E-state index contributed by atoms with van der Waals surface area (Å²) in [7, 11) is 0. The number of ether oxygens (including phenoxy) is 2. The Bertz CT molecular complexity index is 1310. The molecular weight excluding hydrogens is 450 g/mol. The fourth-order valence-electron chi connectivity index (χ4n) is 4.57. The number of para-hydroxylation sites is 1. The molecule has 1 saturated heterocycles. The van der Waals surface area contributed by atoms with E-state index in [2.05, 4.69) is 0 Å². The van der Waals surface area contributed by atoms with Gasteiger partial charge in [0.2, 0.25) is 5.88 Å². The van der Waals surface area contributed by atoms with Crippen LogP contribution in [0.3, 0.4) is 0 Å². The third kappa shape index (κ3) is 5.34. The van der Waals surface area contributed by atoms with Crippen molar-refractivity contribution in [1.82, 2.24) is 14.7 Å². The molecule has 4 aromatic rings. The number of amides is 1. The monoisotopic (exact) mass is 481 g/mol. The fourth-order valence-corrected chi connectivity index (χ4v) is 4.57. The van der Waals surface area contributed by atoms with Crippen molar-refractivity contribution < 1.29 is 14.3 Å². The molecule has 6 nitrogen and oxygen atoms in total. The molecule has 0 saturated carbocycles. The van der Waals surface area contributed by atoms with Gasteiger partial charge in [-0.15, -0.1) is 0 Å². The summed E-state index contributed by atoms with van der Waals surface area (Å²) >= 11 is 0. The molecule has 5 rings (SSSR count). The van der Waals surface area contributed by atoms with Crippen LogP contribution in [0.2, 0.25) is 0 Å². The fraction of sp³-hybridized carbons (Fsp3) is 0.267. The first kappa shape index (κ1) is 23.8. The van der Waals surface area contributed by atoms with Crippen LogP contribution in [0.4, 0.5) is 0 Å². The van der Waals surface area contributed by atoms with Gasteiger partial charge in [0.25, 0.3) is 5.91 Å². The molecule has 3 aromatic carbocycles. The van der Waals surface area contributed by atoms with E-state index in [-0.39, 0.29) is 12.0 Å². The lowest BCUT2D eigenvalue weighted by Gasteiger charge is -2.26. The van der Waals surface area contributed by atoms with Crippen LogP contribution in [0.5, 0.6) is 11.6 Å². The van der Waals surface area contributed by atoms with Crippen molar-refractivity contribution >= 4 is 5.91 Å². The molecule has 0 bridgehead atoms. The smallest absolute Gasteiger partial charge is 0.254 e. The molecule has 2 heterocycles. The Morgan fingerprint density at radius 2 is 1.78 bits per heavy atom. The highest BCUT2D eigenvalue weighted by molar-refractivity contribution is 5.94. The molecule has 1 amide bonds. The molecule has 0 spiro atoms. The molecular formula is C30H31N3O3. The zero-order valence-electron chi connectivity index (χ0n) is 20.8. The Balaban J connectivity index is 1.55. The van der Waals surface area contributed by atoms with Crippen molar-refractivity contribution in [2.75, 3.05) is 13.2 Å². The second-order valence-electron chi connectivity index (χ2n) is 9.22. The van der Waals surface area contributed by atoms with E-state index in [9.17, 15) is 4.79 Å². The van der Waals surface area contributed by atoms with E-state index in [1.165, 1.54) is 0 Å². The van der Waals surface area contributed by atoms with Crippen LogP contribution in [0.15, 0.2) is 84.9 Å². The molecule has 0 radical (unpaired) electrons. The Hall–Kier alpha value is -3.90. The van der Waals surface area contributed by atoms with E-state index in [1.807, 2.05) is 108 Å². The van der Waals surface area contributed by atoms with Crippen molar-refractivity contribution in [2.45, 2.75) is 39.3 Å². The number of hydrogen-bond acceptors (Lipinski definition) is 4. The van der Waals surface area contributed by atoms with Crippen LogP contribution >= 0.6 is 0 Å². The normalized spacial score (nSPS) is 15.1. The lowest BCUT2D eigenvalue weighted by atomic mass is 10.1. The maximum absolute atomic E-state index is 13.6. The number of rotatable bonds is 8. The van der Waals surface area contributed by atoms with Gasteiger partial charge in [-0.2, -0.15) is 5.10 Å². The average molecular weight is 482 g/mol. The Morgan fingerprint density at radius 1 is 1.03 bits per heavy atom. The van der Waals surface area contributed by atoms with E-state index in [4.69, 9.17) is 14.6 Å². The summed E-state index contributed by atoms with van der Waals surface area (Å²) in [5, 5.41) is 4.84. The molecule has 1 fully saturated rings. The number of hydrogen-bond donors (Lipinski definition) is 0. The number of aromatic nitrogens is 2. The predicted molar refractivity (Wildman–Crippen MR) is 140 cm³/mol. The van der Waals surface area contributed by atoms with Gasteiger partial charge >= 0.3 is 0 Å².